The van der Waals surface area contributed by atoms with Crippen LogP contribution in [0.3, 0.4) is 0 Å². The highest BCUT2D eigenvalue weighted by Crippen LogP contribution is 2.31. The van der Waals surface area contributed by atoms with E-state index < -0.39 is 11.9 Å². The maximum atomic E-state index is 12.7. The Hall–Kier alpha value is -2.22. The average Bonchev–Trinajstić information content (AvgIpc) is 2.54. The zero-order chi connectivity index (χ0) is 16.4. The number of hydrogen-bond acceptors (Lipinski definition) is 5. The van der Waals surface area contributed by atoms with Crippen molar-refractivity contribution in [2.75, 3.05) is 5.75 Å². The lowest BCUT2D eigenvalue weighted by molar-refractivity contribution is -0.141. The highest BCUT2D eigenvalue weighted by atomic mass is 32.2. The average molecular weight is 336 g/mol. The van der Waals surface area contributed by atoms with Gasteiger partial charge in [-0.1, -0.05) is 6.92 Å². The third-order valence-electron chi connectivity index (χ3n) is 3.07. The van der Waals surface area contributed by atoms with Gasteiger partial charge >= 0.3 is 6.18 Å². The predicted octanol–water partition coefficient (Wildman–Crippen LogP) is 4.22. The molecule has 23 heavy (non-hydrogen) atoms. The SMILES string of the molecule is CCSc1cccnc1-c1cnc2cc(C(F)(F)F)nnc2c1. The maximum Gasteiger partial charge on any atom is 0.435 e. The van der Waals surface area contributed by atoms with E-state index in [2.05, 4.69) is 20.2 Å². The molecule has 0 aliphatic carbocycles. The molecule has 118 valence electrons. The van der Waals surface area contributed by atoms with Gasteiger partial charge in [-0.05, 0) is 30.0 Å². The maximum absolute atomic E-state index is 12.7. The third-order valence-corrected chi connectivity index (χ3v) is 4.00. The van der Waals surface area contributed by atoms with E-state index in [-0.39, 0.29) is 5.52 Å². The van der Waals surface area contributed by atoms with Gasteiger partial charge in [0.15, 0.2) is 5.69 Å². The molecule has 3 rings (SSSR count). The zero-order valence-corrected chi connectivity index (χ0v) is 12.8. The van der Waals surface area contributed by atoms with Crippen molar-refractivity contribution in [1.82, 2.24) is 20.2 Å². The summed E-state index contributed by atoms with van der Waals surface area (Å²) in [6, 6.07) is 6.33. The van der Waals surface area contributed by atoms with Crippen molar-refractivity contribution in [2.24, 2.45) is 0 Å². The molecule has 3 aromatic rings. The second kappa shape index (κ2) is 6.11. The monoisotopic (exact) mass is 336 g/mol. The van der Waals surface area contributed by atoms with Gasteiger partial charge in [0.05, 0.1) is 11.2 Å². The van der Waals surface area contributed by atoms with E-state index in [9.17, 15) is 13.2 Å². The molecule has 0 fully saturated rings. The number of halogens is 3. The molecule has 0 saturated heterocycles. The van der Waals surface area contributed by atoms with E-state index in [1.807, 2.05) is 19.1 Å². The summed E-state index contributed by atoms with van der Waals surface area (Å²) in [6.07, 6.45) is -1.36. The number of thioether (sulfide) groups is 1. The van der Waals surface area contributed by atoms with Gasteiger partial charge in [-0.2, -0.15) is 13.2 Å². The fourth-order valence-corrected chi connectivity index (χ4v) is 2.86. The molecule has 8 heteroatoms. The third kappa shape index (κ3) is 3.26. The first kappa shape index (κ1) is 15.7. The lowest BCUT2D eigenvalue weighted by atomic mass is 10.1. The quantitative estimate of drug-likeness (QED) is 0.670. The Morgan fingerprint density at radius 2 is 1.91 bits per heavy atom. The van der Waals surface area contributed by atoms with E-state index in [0.29, 0.717) is 11.1 Å². The Morgan fingerprint density at radius 3 is 2.65 bits per heavy atom. The number of fused-ring (bicyclic) bond motifs is 1. The fourth-order valence-electron chi connectivity index (χ4n) is 2.07. The van der Waals surface area contributed by atoms with Crippen molar-refractivity contribution in [3.8, 4) is 11.3 Å². The molecule has 0 aliphatic heterocycles. The van der Waals surface area contributed by atoms with Crippen molar-refractivity contribution < 1.29 is 13.2 Å². The summed E-state index contributed by atoms with van der Waals surface area (Å²) in [5, 5.41) is 6.87. The molecule has 0 bridgehead atoms. The van der Waals surface area contributed by atoms with Crippen LogP contribution < -0.4 is 0 Å². The van der Waals surface area contributed by atoms with Gasteiger partial charge in [0.1, 0.15) is 5.52 Å². The van der Waals surface area contributed by atoms with Crippen LogP contribution in [-0.4, -0.2) is 25.9 Å². The second-order valence-electron chi connectivity index (χ2n) is 4.64. The van der Waals surface area contributed by atoms with Crippen molar-refractivity contribution in [1.29, 1.82) is 0 Å². The van der Waals surface area contributed by atoms with Crippen molar-refractivity contribution in [3.05, 3.63) is 42.4 Å². The molecule has 0 aromatic carbocycles. The second-order valence-corrected chi connectivity index (χ2v) is 5.94. The first-order chi connectivity index (χ1) is 11.0. The highest BCUT2D eigenvalue weighted by Gasteiger charge is 2.33. The fraction of sp³-hybridized carbons (Fsp3) is 0.200. The summed E-state index contributed by atoms with van der Waals surface area (Å²) in [4.78, 5) is 9.41. The highest BCUT2D eigenvalue weighted by molar-refractivity contribution is 7.99. The zero-order valence-electron chi connectivity index (χ0n) is 12.0. The molecule has 0 radical (unpaired) electrons. The van der Waals surface area contributed by atoms with Crippen molar-refractivity contribution in [2.45, 2.75) is 18.0 Å². The van der Waals surface area contributed by atoms with Crippen LogP contribution in [0.2, 0.25) is 0 Å². The van der Waals surface area contributed by atoms with Crippen molar-refractivity contribution in [3.63, 3.8) is 0 Å². The number of aromatic nitrogens is 4. The Bertz CT molecular complexity index is 851. The Kier molecular flexibility index (Phi) is 4.16. The molecular formula is C15H11F3N4S. The minimum absolute atomic E-state index is 0.150. The van der Waals surface area contributed by atoms with Gasteiger partial charge < -0.3 is 0 Å². The van der Waals surface area contributed by atoms with E-state index in [0.717, 1.165) is 22.4 Å². The van der Waals surface area contributed by atoms with Crippen LogP contribution in [0.1, 0.15) is 12.6 Å². The molecule has 0 spiro atoms. The van der Waals surface area contributed by atoms with Crippen LogP contribution in [0.25, 0.3) is 22.3 Å². The van der Waals surface area contributed by atoms with Gasteiger partial charge in [-0.25, -0.2) is 0 Å². The van der Waals surface area contributed by atoms with Crippen LogP contribution in [0, 0.1) is 0 Å². The van der Waals surface area contributed by atoms with Crippen LogP contribution in [0.4, 0.5) is 13.2 Å². The number of nitrogens with zero attached hydrogens (tertiary/aromatic N) is 4. The molecule has 0 aliphatic rings. The number of pyridine rings is 2. The Morgan fingerprint density at radius 1 is 1.09 bits per heavy atom. The molecule has 3 heterocycles. The Balaban J connectivity index is 2.08. The first-order valence-electron chi connectivity index (χ1n) is 6.78. The molecule has 0 unspecified atom stereocenters. The normalized spacial score (nSPS) is 11.8. The lowest BCUT2D eigenvalue weighted by Crippen LogP contribution is -2.09. The van der Waals surface area contributed by atoms with Crippen LogP contribution in [0.5, 0.6) is 0 Å². The summed E-state index contributed by atoms with van der Waals surface area (Å²) in [7, 11) is 0. The van der Waals surface area contributed by atoms with Gasteiger partial charge in [-0.3, -0.25) is 9.97 Å². The number of alkyl halides is 3. The van der Waals surface area contributed by atoms with Crippen LogP contribution in [0.15, 0.2) is 41.6 Å². The lowest BCUT2D eigenvalue weighted by Gasteiger charge is -2.08. The van der Waals surface area contributed by atoms with Gasteiger partial charge in [0.2, 0.25) is 0 Å². The largest absolute Gasteiger partial charge is 0.435 e. The molecule has 0 N–H and O–H groups in total. The smallest absolute Gasteiger partial charge is 0.255 e. The minimum atomic E-state index is -4.53. The van der Waals surface area contributed by atoms with E-state index in [1.54, 1.807) is 24.0 Å². The standard InChI is InChI=1S/C15H11F3N4S/c1-2-23-12-4-3-5-19-14(12)9-6-11-10(20-8-9)7-13(22-21-11)15(16,17)18/h3-8H,2H2,1H3. The summed E-state index contributed by atoms with van der Waals surface area (Å²) in [5.74, 6) is 0.883. The Labute approximate surface area is 134 Å². The first-order valence-corrected chi connectivity index (χ1v) is 7.76. The summed E-state index contributed by atoms with van der Waals surface area (Å²) in [6.45, 7) is 2.03. The van der Waals surface area contributed by atoms with E-state index in [4.69, 9.17) is 0 Å². The van der Waals surface area contributed by atoms with Gasteiger partial charge in [0, 0.05) is 22.9 Å². The van der Waals surface area contributed by atoms with Gasteiger partial charge in [0.25, 0.3) is 0 Å². The summed E-state index contributed by atoms with van der Waals surface area (Å²) >= 11 is 1.63. The number of hydrogen-bond donors (Lipinski definition) is 0. The molecule has 0 saturated carbocycles. The summed E-state index contributed by atoms with van der Waals surface area (Å²) < 4.78 is 38.0. The van der Waals surface area contributed by atoms with Crippen LogP contribution >= 0.6 is 11.8 Å². The molecule has 3 aromatic heterocycles. The summed E-state index contributed by atoms with van der Waals surface area (Å²) in [5.41, 5.74) is 0.828. The van der Waals surface area contributed by atoms with E-state index >= 15 is 0 Å². The topological polar surface area (TPSA) is 51.6 Å². The van der Waals surface area contributed by atoms with E-state index in [1.165, 1.54) is 6.20 Å². The van der Waals surface area contributed by atoms with Crippen molar-refractivity contribution >= 4 is 22.8 Å². The molecule has 0 amide bonds. The van der Waals surface area contributed by atoms with Gasteiger partial charge in [-0.15, -0.1) is 22.0 Å². The minimum Gasteiger partial charge on any atom is -0.255 e. The number of rotatable bonds is 3. The molecule has 0 atom stereocenters. The molecular weight excluding hydrogens is 325 g/mol. The van der Waals surface area contributed by atoms with Crippen LogP contribution in [-0.2, 0) is 6.18 Å². The molecule has 4 nitrogen and oxygen atoms in total. The predicted molar refractivity (Wildman–Crippen MR) is 82.0 cm³/mol.